The van der Waals surface area contributed by atoms with Gasteiger partial charge >= 0.3 is 0 Å². The Morgan fingerprint density at radius 1 is 1.19 bits per heavy atom. The van der Waals surface area contributed by atoms with E-state index in [1.54, 1.807) is 18.3 Å². The van der Waals surface area contributed by atoms with Gasteiger partial charge in [-0.15, -0.1) is 0 Å². The fraction of sp³-hybridized carbons (Fsp3) is 0.304. The van der Waals surface area contributed by atoms with Gasteiger partial charge in [-0.3, -0.25) is 15.1 Å². The molecule has 0 bridgehead atoms. The van der Waals surface area contributed by atoms with Crippen molar-refractivity contribution in [2.75, 3.05) is 13.2 Å². The van der Waals surface area contributed by atoms with E-state index in [1.165, 1.54) is 12.1 Å². The van der Waals surface area contributed by atoms with Crippen molar-refractivity contribution in [2.45, 2.75) is 31.0 Å². The third-order valence-electron chi connectivity index (χ3n) is 6.04. The molecule has 2 aliphatic rings. The van der Waals surface area contributed by atoms with Crippen LogP contribution in [-0.4, -0.2) is 43.7 Å². The average Bonchev–Trinajstić information content (AvgIpc) is 3.56. The van der Waals surface area contributed by atoms with Crippen LogP contribution >= 0.6 is 12.2 Å². The number of nitrogens with zero attached hydrogens (tertiary/aromatic N) is 4. The molecule has 8 nitrogen and oxygen atoms in total. The van der Waals surface area contributed by atoms with Gasteiger partial charge in [0.1, 0.15) is 0 Å². The molecule has 0 radical (unpaired) electrons. The fourth-order valence-corrected chi connectivity index (χ4v) is 4.85. The Kier molecular flexibility index (Phi) is 5.59. The van der Waals surface area contributed by atoms with Gasteiger partial charge in [0.05, 0.1) is 28.8 Å². The monoisotopic (exact) mass is 449 g/mol. The van der Waals surface area contributed by atoms with Gasteiger partial charge in [0, 0.05) is 49.1 Å². The van der Waals surface area contributed by atoms with E-state index >= 15 is 0 Å². The zero-order valence-electron chi connectivity index (χ0n) is 17.3. The van der Waals surface area contributed by atoms with Gasteiger partial charge in [-0.1, -0.05) is 6.07 Å². The van der Waals surface area contributed by atoms with Crippen LogP contribution in [0.25, 0.3) is 5.69 Å². The van der Waals surface area contributed by atoms with Gasteiger partial charge in [0.15, 0.2) is 5.11 Å². The molecule has 2 saturated heterocycles. The zero-order valence-corrected chi connectivity index (χ0v) is 18.1. The Bertz CT molecular complexity index is 1110. The lowest BCUT2D eigenvalue weighted by Crippen LogP contribution is -2.36. The molecule has 1 aromatic carbocycles. The highest BCUT2D eigenvalue weighted by Gasteiger charge is 2.42. The standard InChI is InChI=1S/C23H23N5O3S/c29-28(30)17-10-8-16(9-11-17)26-13-3-7-20(26)22-21(19-6-1-2-12-24-19)25-23(32)27(22)15-18-5-4-14-31-18/h1-3,6-13,18,21-22H,4-5,14-15H2,(H,25,32)/t18-,21+,22+/m0/s1. The molecule has 32 heavy (non-hydrogen) atoms. The van der Waals surface area contributed by atoms with Crippen LogP contribution in [0.1, 0.15) is 36.3 Å². The van der Waals surface area contributed by atoms with E-state index in [-0.39, 0.29) is 28.8 Å². The summed E-state index contributed by atoms with van der Waals surface area (Å²) in [7, 11) is 0. The number of nitrogens with one attached hydrogen (secondary N) is 1. The van der Waals surface area contributed by atoms with Gasteiger partial charge in [-0.2, -0.15) is 0 Å². The quantitative estimate of drug-likeness (QED) is 0.347. The van der Waals surface area contributed by atoms with E-state index in [2.05, 4.69) is 25.8 Å². The minimum atomic E-state index is -0.389. The third kappa shape index (κ3) is 3.85. The summed E-state index contributed by atoms with van der Waals surface area (Å²) in [5.41, 5.74) is 2.86. The van der Waals surface area contributed by atoms with Crippen LogP contribution in [0.2, 0.25) is 0 Å². The summed E-state index contributed by atoms with van der Waals surface area (Å²) >= 11 is 5.76. The number of non-ortho nitro benzene ring substituents is 1. The van der Waals surface area contributed by atoms with Crippen molar-refractivity contribution < 1.29 is 9.66 Å². The maximum atomic E-state index is 11.1. The van der Waals surface area contributed by atoms with E-state index in [1.807, 2.05) is 30.5 Å². The second-order valence-electron chi connectivity index (χ2n) is 7.99. The number of nitro groups is 1. The summed E-state index contributed by atoms with van der Waals surface area (Å²) in [6.07, 6.45) is 5.98. The van der Waals surface area contributed by atoms with Crippen molar-refractivity contribution in [2.24, 2.45) is 0 Å². The van der Waals surface area contributed by atoms with Gasteiger partial charge in [0.25, 0.3) is 5.69 Å². The maximum absolute atomic E-state index is 11.1. The molecule has 1 N–H and O–H groups in total. The highest BCUT2D eigenvalue weighted by molar-refractivity contribution is 7.80. The molecule has 2 fully saturated rings. The number of hydrogen-bond donors (Lipinski definition) is 1. The second-order valence-corrected chi connectivity index (χ2v) is 8.38. The topological polar surface area (TPSA) is 85.5 Å². The lowest BCUT2D eigenvalue weighted by atomic mass is 10.0. The van der Waals surface area contributed by atoms with Gasteiger partial charge < -0.3 is 19.5 Å². The number of ether oxygens (including phenoxy) is 1. The minimum absolute atomic E-state index is 0.0672. The van der Waals surface area contributed by atoms with Crippen molar-refractivity contribution in [3.05, 3.63) is 88.5 Å². The third-order valence-corrected chi connectivity index (χ3v) is 6.40. The molecular weight excluding hydrogens is 426 g/mol. The first-order chi connectivity index (χ1) is 15.6. The molecule has 9 heteroatoms. The number of nitro benzene ring substituents is 1. The van der Waals surface area contributed by atoms with E-state index in [0.29, 0.717) is 11.7 Å². The normalized spacial score (nSPS) is 22.8. The molecule has 4 heterocycles. The maximum Gasteiger partial charge on any atom is 0.269 e. The van der Waals surface area contributed by atoms with Crippen molar-refractivity contribution in [1.29, 1.82) is 0 Å². The van der Waals surface area contributed by atoms with Crippen LogP contribution in [-0.2, 0) is 4.74 Å². The summed E-state index contributed by atoms with van der Waals surface area (Å²) < 4.78 is 7.96. The summed E-state index contributed by atoms with van der Waals surface area (Å²) in [5.74, 6) is 0. The molecular formula is C23H23N5O3S. The second kappa shape index (κ2) is 8.68. The first-order valence-electron chi connectivity index (χ1n) is 10.6. The summed E-state index contributed by atoms with van der Waals surface area (Å²) in [5, 5.41) is 15.2. The van der Waals surface area contributed by atoms with Gasteiger partial charge in [-0.25, -0.2) is 0 Å². The lowest BCUT2D eigenvalue weighted by Gasteiger charge is -2.30. The molecule has 164 valence electrons. The first kappa shape index (κ1) is 20.6. The average molecular weight is 450 g/mol. The van der Waals surface area contributed by atoms with Crippen molar-refractivity contribution in [3.8, 4) is 5.69 Å². The molecule has 2 aliphatic heterocycles. The van der Waals surface area contributed by atoms with Crippen LogP contribution in [0.5, 0.6) is 0 Å². The number of pyridine rings is 1. The Labute approximate surface area is 191 Å². The molecule has 0 amide bonds. The van der Waals surface area contributed by atoms with Crippen LogP contribution < -0.4 is 5.32 Å². The number of thiocarbonyl (C=S) groups is 1. The fourth-order valence-electron chi connectivity index (χ4n) is 4.54. The van der Waals surface area contributed by atoms with Crippen LogP contribution in [0.15, 0.2) is 67.0 Å². The summed E-state index contributed by atoms with van der Waals surface area (Å²) in [6.45, 7) is 1.48. The molecule has 3 atom stereocenters. The first-order valence-corrected chi connectivity index (χ1v) is 11.0. The molecule has 0 spiro atoms. The smallest absolute Gasteiger partial charge is 0.269 e. The Morgan fingerprint density at radius 2 is 2.03 bits per heavy atom. The van der Waals surface area contributed by atoms with Gasteiger partial charge in [-0.05, 0) is 61.5 Å². The Balaban J connectivity index is 1.55. The van der Waals surface area contributed by atoms with Crippen molar-refractivity contribution in [1.82, 2.24) is 19.8 Å². The van der Waals surface area contributed by atoms with E-state index in [0.717, 1.165) is 36.5 Å². The van der Waals surface area contributed by atoms with Crippen LogP contribution in [0.4, 0.5) is 5.69 Å². The number of hydrogen-bond acceptors (Lipinski definition) is 5. The molecule has 0 saturated carbocycles. The van der Waals surface area contributed by atoms with Crippen LogP contribution in [0, 0.1) is 10.1 Å². The highest BCUT2D eigenvalue weighted by Crippen LogP contribution is 2.40. The molecule has 0 unspecified atom stereocenters. The lowest BCUT2D eigenvalue weighted by molar-refractivity contribution is -0.384. The van der Waals surface area contributed by atoms with Gasteiger partial charge in [0.2, 0.25) is 0 Å². The number of rotatable bonds is 6. The predicted molar refractivity (Wildman–Crippen MR) is 124 cm³/mol. The van der Waals surface area contributed by atoms with Crippen molar-refractivity contribution >= 4 is 23.0 Å². The molecule has 0 aliphatic carbocycles. The van der Waals surface area contributed by atoms with E-state index < -0.39 is 0 Å². The van der Waals surface area contributed by atoms with Crippen LogP contribution in [0.3, 0.4) is 0 Å². The Morgan fingerprint density at radius 3 is 2.72 bits per heavy atom. The minimum Gasteiger partial charge on any atom is -0.376 e. The Hall–Kier alpha value is -3.30. The zero-order chi connectivity index (χ0) is 22.1. The highest BCUT2D eigenvalue weighted by atomic mass is 32.1. The van der Waals surface area contributed by atoms with E-state index in [4.69, 9.17) is 17.0 Å². The number of aromatic nitrogens is 2. The van der Waals surface area contributed by atoms with E-state index in [9.17, 15) is 10.1 Å². The molecule has 2 aromatic heterocycles. The predicted octanol–water partition coefficient (Wildman–Crippen LogP) is 3.93. The summed E-state index contributed by atoms with van der Waals surface area (Å²) in [6, 6.07) is 16.3. The molecule has 5 rings (SSSR count). The van der Waals surface area contributed by atoms with Crippen molar-refractivity contribution in [3.63, 3.8) is 0 Å². The summed E-state index contributed by atoms with van der Waals surface area (Å²) in [4.78, 5) is 17.5. The molecule has 3 aromatic rings. The largest absolute Gasteiger partial charge is 0.376 e. The SMILES string of the molecule is O=[N+]([O-])c1ccc(-n2cccc2[C@@H]2[C@@H](c3ccccn3)NC(=S)N2C[C@@H]2CCCO2)cc1. The number of benzene rings is 1.